The first-order valence-corrected chi connectivity index (χ1v) is 35.9. The highest BCUT2D eigenvalue weighted by atomic mass is 32.1. The Kier molecular flexibility index (Phi) is 13.3. The van der Waals surface area contributed by atoms with Crippen LogP contribution >= 0.6 is 45.3 Å². The SMILES string of the molecule is c1cc(-c2ccc(-c3nc(-c4ccc(-c5ccc6sc7ccccc7c6c5)cc4)nc(-c4cc(-c5ccc6sc7ccccc7c6c5)cc(-c5ccc6sc7ccccc7c6c5)c4)n3)cc2)cc(-c2nc(-c3ccc4ccccc4c3)nc(-c3ccc4sc5ccccc5c4c3)n2)c1. The molecule has 6 nitrogen and oxygen atoms in total. The molecule has 0 amide bonds. The second-order valence-electron chi connectivity index (χ2n) is 24.9. The maximum absolute atomic E-state index is 5.48. The van der Waals surface area contributed by atoms with E-state index in [1.54, 1.807) is 11.3 Å². The Morgan fingerprint density at radius 1 is 0.143 bits per heavy atom. The minimum absolute atomic E-state index is 0.570. The first-order valence-electron chi connectivity index (χ1n) is 32.6. The summed E-state index contributed by atoms with van der Waals surface area (Å²) in [5.74, 6) is 3.56. The molecular formula is C88H50N6S4. The van der Waals surface area contributed by atoms with Crippen molar-refractivity contribution in [1.29, 1.82) is 0 Å². The van der Waals surface area contributed by atoms with E-state index in [4.69, 9.17) is 29.9 Å². The summed E-state index contributed by atoms with van der Waals surface area (Å²) in [4.78, 5) is 32.0. The molecule has 0 aliphatic rings. The quantitative estimate of drug-likeness (QED) is 0.136. The van der Waals surface area contributed by atoms with Crippen LogP contribution in [0.2, 0.25) is 0 Å². The molecule has 0 atom stereocenters. The van der Waals surface area contributed by atoms with Gasteiger partial charge in [0.05, 0.1) is 0 Å². The molecule has 0 aliphatic heterocycles. The summed E-state index contributed by atoms with van der Waals surface area (Å²) in [5.41, 5.74) is 14.1. The highest BCUT2D eigenvalue weighted by molar-refractivity contribution is 7.27. The Balaban J connectivity index is 0.711. The minimum atomic E-state index is 0.570. The molecule has 0 spiro atoms. The molecule has 0 radical (unpaired) electrons. The van der Waals surface area contributed by atoms with E-state index in [9.17, 15) is 0 Å². The number of fused-ring (bicyclic) bond motifs is 13. The topological polar surface area (TPSA) is 77.3 Å². The molecule has 0 saturated heterocycles. The predicted molar refractivity (Wildman–Crippen MR) is 417 cm³/mol. The van der Waals surface area contributed by atoms with Crippen LogP contribution in [0.4, 0.5) is 0 Å². The monoisotopic (exact) mass is 1320 g/mol. The average Bonchev–Trinajstić information content (AvgIpc) is 1.56. The van der Waals surface area contributed by atoms with Gasteiger partial charge >= 0.3 is 0 Å². The maximum Gasteiger partial charge on any atom is 0.164 e. The summed E-state index contributed by atoms with van der Waals surface area (Å²) in [6.07, 6.45) is 0. The maximum atomic E-state index is 5.48. The standard InChI is InChI=1S/C88H50N6S4/c1-2-13-56-43-62(33-28-51(56)12-1)86-92-85(93-87(94-86)63-37-41-82-74(50-63)70-19-6-10-23-78(70)98-82)61-15-11-14-57(42-61)52-24-29-54(30-25-52)83-89-84(55-31-26-53(27-32-55)58-34-38-79-71(47-58)67-16-3-7-20-75(67)95-79)91-88(90-83)66-45-64(59-35-39-80-72(48-59)68-17-4-8-21-76(68)96-80)44-65(46-66)60-36-40-81-73(49-60)69-18-5-9-22-77(69)97-81/h1-50H. The van der Waals surface area contributed by atoms with Gasteiger partial charge in [-0.3, -0.25) is 0 Å². The van der Waals surface area contributed by atoms with Gasteiger partial charge in [-0.25, -0.2) is 29.9 Å². The molecule has 10 heteroatoms. The van der Waals surface area contributed by atoms with Gasteiger partial charge < -0.3 is 0 Å². The van der Waals surface area contributed by atoms with E-state index in [1.807, 2.05) is 34.0 Å². The van der Waals surface area contributed by atoms with Gasteiger partial charge in [-0.1, -0.05) is 194 Å². The van der Waals surface area contributed by atoms with Crippen molar-refractivity contribution in [2.75, 3.05) is 0 Å². The van der Waals surface area contributed by atoms with Crippen LogP contribution in [0.25, 0.3) is 204 Å². The Hall–Kier alpha value is -11.8. The zero-order valence-electron chi connectivity index (χ0n) is 52.2. The molecule has 0 N–H and O–H groups in total. The van der Waals surface area contributed by atoms with E-state index in [0.717, 1.165) is 88.7 Å². The van der Waals surface area contributed by atoms with Gasteiger partial charge in [-0.15, -0.1) is 45.3 Å². The third-order valence-corrected chi connectivity index (χ3v) is 23.6. The van der Waals surface area contributed by atoms with E-state index in [1.165, 1.54) is 80.7 Å². The summed E-state index contributed by atoms with van der Waals surface area (Å²) in [6.45, 7) is 0. The van der Waals surface area contributed by atoms with E-state index in [2.05, 4.69) is 303 Å². The first kappa shape index (κ1) is 56.6. The molecule has 0 bridgehead atoms. The molecule has 0 fully saturated rings. The summed E-state index contributed by atoms with van der Waals surface area (Å²) < 4.78 is 10.1. The third-order valence-electron chi connectivity index (χ3n) is 19.0. The molecule has 6 aromatic heterocycles. The molecular weight excluding hydrogens is 1270 g/mol. The van der Waals surface area contributed by atoms with E-state index < -0.39 is 0 Å². The molecule has 0 unspecified atom stereocenters. The van der Waals surface area contributed by atoms with Crippen LogP contribution in [0.1, 0.15) is 0 Å². The zero-order valence-corrected chi connectivity index (χ0v) is 55.4. The van der Waals surface area contributed by atoms with Crippen molar-refractivity contribution in [3.8, 4) is 113 Å². The fraction of sp³-hybridized carbons (Fsp3) is 0. The van der Waals surface area contributed by atoms with Crippen LogP contribution in [-0.2, 0) is 0 Å². The summed E-state index contributed by atoms with van der Waals surface area (Å²) >= 11 is 7.31. The number of benzene rings is 14. The van der Waals surface area contributed by atoms with Crippen molar-refractivity contribution in [2.45, 2.75) is 0 Å². The predicted octanol–water partition coefficient (Wildman–Crippen LogP) is 25.4. The van der Waals surface area contributed by atoms with Crippen molar-refractivity contribution in [2.24, 2.45) is 0 Å². The Morgan fingerprint density at radius 3 is 0.857 bits per heavy atom. The van der Waals surface area contributed by atoms with Gasteiger partial charge in [0.25, 0.3) is 0 Å². The lowest BCUT2D eigenvalue weighted by atomic mass is 9.94. The molecule has 20 rings (SSSR count). The van der Waals surface area contributed by atoms with E-state index in [-0.39, 0.29) is 0 Å². The first-order chi connectivity index (χ1) is 48.4. The van der Waals surface area contributed by atoms with E-state index >= 15 is 0 Å². The molecule has 0 aliphatic carbocycles. The van der Waals surface area contributed by atoms with Gasteiger partial charge in [-0.05, 0) is 164 Å². The number of aromatic nitrogens is 6. The summed E-state index contributed by atoms with van der Waals surface area (Å²) in [6, 6.07) is 109. The zero-order chi connectivity index (χ0) is 64.4. The van der Waals surface area contributed by atoms with Crippen molar-refractivity contribution in [3.63, 3.8) is 0 Å². The highest BCUT2D eigenvalue weighted by Gasteiger charge is 2.20. The molecule has 456 valence electrons. The lowest BCUT2D eigenvalue weighted by molar-refractivity contribution is 1.07. The normalized spacial score (nSPS) is 11.9. The molecule has 98 heavy (non-hydrogen) atoms. The van der Waals surface area contributed by atoms with E-state index in [0.29, 0.717) is 34.9 Å². The average molecular weight is 1320 g/mol. The van der Waals surface area contributed by atoms with Gasteiger partial charge in [0, 0.05) is 114 Å². The Labute approximate surface area is 578 Å². The second-order valence-corrected chi connectivity index (χ2v) is 29.3. The van der Waals surface area contributed by atoms with Crippen LogP contribution in [0.15, 0.2) is 303 Å². The van der Waals surface area contributed by atoms with Gasteiger partial charge in [0.1, 0.15) is 0 Å². The Bertz CT molecular complexity index is 6510. The molecule has 20 aromatic rings. The number of hydrogen-bond donors (Lipinski definition) is 0. The van der Waals surface area contributed by atoms with Crippen LogP contribution in [0, 0.1) is 0 Å². The van der Waals surface area contributed by atoms with Crippen molar-refractivity contribution in [3.05, 3.63) is 303 Å². The Morgan fingerprint density at radius 2 is 0.408 bits per heavy atom. The smallest absolute Gasteiger partial charge is 0.164 e. The molecule has 14 aromatic carbocycles. The third kappa shape index (κ3) is 9.95. The number of rotatable bonds is 10. The minimum Gasteiger partial charge on any atom is -0.208 e. The van der Waals surface area contributed by atoms with Gasteiger partial charge in [-0.2, -0.15) is 0 Å². The van der Waals surface area contributed by atoms with Crippen molar-refractivity contribution >= 4 is 137 Å². The van der Waals surface area contributed by atoms with Crippen LogP contribution < -0.4 is 0 Å². The summed E-state index contributed by atoms with van der Waals surface area (Å²) in [5, 5.41) is 12.3. The molecule has 6 heterocycles. The lowest BCUT2D eigenvalue weighted by Gasteiger charge is -2.13. The van der Waals surface area contributed by atoms with Crippen molar-refractivity contribution in [1.82, 2.24) is 29.9 Å². The fourth-order valence-corrected chi connectivity index (χ4v) is 18.3. The van der Waals surface area contributed by atoms with Crippen molar-refractivity contribution < 1.29 is 0 Å². The van der Waals surface area contributed by atoms with Gasteiger partial charge in [0.15, 0.2) is 34.9 Å². The summed E-state index contributed by atoms with van der Waals surface area (Å²) in [7, 11) is 0. The van der Waals surface area contributed by atoms with Crippen LogP contribution in [0.3, 0.4) is 0 Å². The number of hydrogen-bond acceptors (Lipinski definition) is 10. The largest absolute Gasteiger partial charge is 0.208 e. The van der Waals surface area contributed by atoms with Crippen LogP contribution in [0.5, 0.6) is 0 Å². The lowest BCUT2D eigenvalue weighted by Crippen LogP contribution is -2.01. The van der Waals surface area contributed by atoms with Gasteiger partial charge in [0.2, 0.25) is 0 Å². The number of nitrogens with zero attached hydrogens (tertiary/aromatic N) is 6. The van der Waals surface area contributed by atoms with Crippen LogP contribution in [-0.4, -0.2) is 29.9 Å². The highest BCUT2D eigenvalue weighted by Crippen LogP contribution is 2.44. The second kappa shape index (κ2) is 23.0. The fourth-order valence-electron chi connectivity index (χ4n) is 14.0. The molecule has 0 saturated carbocycles. The number of thiophene rings is 4.